The van der Waals surface area contributed by atoms with Crippen LogP contribution >= 0.6 is 0 Å². The van der Waals surface area contributed by atoms with E-state index in [-0.39, 0.29) is 0 Å². The molecule has 0 aliphatic rings. The van der Waals surface area contributed by atoms with Gasteiger partial charge in [-0.25, -0.2) is 0 Å². The molecule has 0 bridgehead atoms. The first-order chi connectivity index (χ1) is 7.34. The van der Waals surface area contributed by atoms with Crippen molar-refractivity contribution in [2.45, 2.75) is 6.92 Å². The van der Waals surface area contributed by atoms with Gasteiger partial charge in [-0.15, -0.1) is 0 Å². The van der Waals surface area contributed by atoms with Crippen molar-refractivity contribution in [1.82, 2.24) is 0 Å². The smallest absolute Gasteiger partial charge is 0.167 e. The van der Waals surface area contributed by atoms with Gasteiger partial charge in [0.1, 0.15) is 0 Å². The van der Waals surface area contributed by atoms with Crippen LogP contribution in [0.2, 0.25) is 0 Å². The summed E-state index contributed by atoms with van der Waals surface area (Å²) in [6.45, 7) is 2.15. The Bertz CT molecular complexity index is 641. The lowest BCUT2D eigenvalue weighted by atomic mass is 10.1. The van der Waals surface area contributed by atoms with Crippen LogP contribution in [0.15, 0.2) is 54.9 Å². The van der Waals surface area contributed by atoms with Crippen molar-refractivity contribution >= 4 is 16.3 Å². The first-order valence-electron chi connectivity index (χ1n) is 5.14. The number of nitrogens with zero attached hydrogens (tertiary/aromatic N) is 1. The molecule has 0 unspecified atom stereocenters. The number of benzene rings is 1. The predicted octanol–water partition coefficient (Wildman–Crippen LogP) is 2.89. The van der Waals surface area contributed by atoms with E-state index >= 15 is 0 Å². The monoisotopic (exact) mass is 194 g/mol. The lowest BCUT2D eigenvalue weighted by Gasteiger charge is -1.99. The van der Waals surface area contributed by atoms with E-state index in [4.69, 9.17) is 0 Å². The molecule has 0 spiro atoms. The van der Waals surface area contributed by atoms with Gasteiger partial charge in [0, 0.05) is 23.6 Å². The average molecular weight is 194 g/mol. The minimum atomic E-state index is 1.24. The number of hydrogen-bond donors (Lipinski definition) is 0. The SMILES string of the molecule is Cc1cccc2c[n+]3ccccc3cc12. The number of hydrogen-bond acceptors (Lipinski definition) is 0. The highest BCUT2D eigenvalue weighted by molar-refractivity contribution is 5.86. The van der Waals surface area contributed by atoms with Gasteiger partial charge in [-0.1, -0.05) is 12.1 Å². The minimum Gasteiger partial charge on any atom is -0.167 e. The molecule has 0 saturated carbocycles. The summed E-state index contributed by atoms with van der Waals surface area (Å²) in [6.07, 6.45) is 4.26. The van der Waals surface area contributed by atoms with Crippen LogP contribution in [-0.4, -0.2) is 0 Å². The molecule has 0 radical (unpaired) electrons. The number of aryl methyl sites for hydroxylation is 1. The zero-order valence-electron chi connectivity index (χ0n) is 8.64. The number of fused-ring (bicyclic) bond motifs is 2. The molecule has 1 aromatic carbocycles. The molecule has 2 heterocycles. The highest BCUT2D eigenvalue weighted by Gasteiger charge is 2.04. The Balaban J connectivity index is 2.53. The summed E-state index contributed by atoms with van der Waals surface area (Å²) >= 11 is 0. The molecular formula is C14H12N+. The first-order valence-corrected chi connectivity index (χ1v) is 5.14. The van der Waals surface area contributed by atoms with Crippen LogP contribution in [0.25, 0.3) is 16.3 Å². The van der Waals surface area contributed by atoms with Crippen molar-refractivity contribution < 1.29 is 4.40 Å². The molecule has 0 aliphatic carbocycles. The third kappa shape index (κ3) is 1.28. The molecule has 0 aliphatic heterocycles. The minimum absolute atomic E-state index is 1.24. The number of rotatable bonds is 0. The molecule has 2 aromatic heterocycles. The van der Waals surface area contributed by atoms with E-state index in [0.29, 0.717) is 0 Å². The maximum atomic E-state index is 2.24. The van der Waals surface area contributed by atoms with Crippen LogP contribution < -0.4 is 4.40 Å². The highest BCUT2D eigenvalue weighted by Crippen LogP contribution is 2.17. The fourth-order valence-corrected chi connectivity index (χ4v) is 2.02. The summed E-state index contributed by atoms with van der Waals surface area (Å²) in [5.74, 6) is 0. The van der Waals surface area contributed by atoms with E-state index in [9.17, 15) is 0 Å². The average Bonchev–Trinajstić information content (AvgIpc) is 2.27. The largest absolute Gasteiger partial charge is 0.211 e. The highest BCUT2D eigenvalue weighted by atomic mass is 14.8. The van der Waals surface area contributed by atoms with Gasteiger partial charge in [0.05, 0.1) is 0 Å². The molecule has 0 atom stereocenters. The van der Waals surface area contributed by atoms with E-state index in [1.807, 2.05) is 0 Å². The predicted molar refractivity (Wildman–Crippen MR) is 61.8 cm³/mol. The van der Waals surface area contributed by atoms with E-state index in [0.717, 1.165) is 0 Å². The van der Waals surface area contributed by atoms with E-state index < -0.39 is 0 Å². The Morgan fingerprint density at radius 2 is 1.93 bits per heavy atom. The van der Waals surface area contributed by atoms with Gasteiger partial charge in [0.15, 0.2) is 12.4 Å². The summed E-state index contributed by atoms with van der Waals surface area (Å²) in [4.78, 5) is 0. The van der Waals surface area contributed by atoms with Gasteiger partial charge in [0.2, 0.25) is 5.52 Å². The van der Waals surface area contributed by atoms with Crippen molar-refractivity contribution in [3.63, 3.8) is 0 Å². The fraction of sp³-hybridized carbons (Fsp3) is 0.0714. The second kappa shape index (κ2) is 3.06. The van der Waals surface area contributed by atoms with E-state index in [2.05, 4.69) is 66.2 Å². The normalized spacial score (nSPS) is 11.0. The second-order valence-corrected chi connectivity index (χ2v) is 3.88. The van der Waals surface area contributed by atoms with Gasteiger partial charge >= 0.3 is 0 Å². The second-order valence-electron chi connectivity index (χ2n) is 3.88. The zero-order chi connectivity index (χ0) is 10.3. The van der Waals surface area contributed by atoms with Gasteiger partial charge in [0.25, 0.3) is 0 Å². The van der Waals surface area contributed by atoms with Crippen molar-refractivity contribution in [2.24, 2.45) is 0 Å². The van der Waals surface area contributed by atoms with Crippen LogP contribution in [0.1, 0.15) is 5.56 Å². The maximum absolute atomic E-state index is 2.24. The summed E-state index contributed by atoms with van der Waals surface area (Å²) in [5.41, 5.74) is 2.57. The Hall–Kier alpha value is -1.89. The zero-order valence-corrected chi connectivity index (χ0v) is 8.64. The van der Waals surface area contributed by atoms with Crippen molar-refractivity contribution in [3.8, 4) is 0 Å². The van der Waals surface area contributed by atoms with Crippen LogP contribution in [0.5, 0.6) is 0 Å². The molecule has 0 N–H and O–H groups in total. The Morgan fingerprint density at radius 1 is 1.00 bits per heavy atom. The molecule has 0 amide bonds. The van der Waals surface area contributed by atoms with Gasteiger partial charge in [-0.3, -0.25) is 0 Å². The van der Waals surface area contributed by atoms with Crippen LogP contribution in [0.3, 0.4) is 0 Å². The number of aromatic nitrogens is 1. The van der Waals surface area contributed by atoms with Crippen molar-refractivity contribution in [3.05, 3.63) is 60.4 Å². The first kappa shape index (κ1) is 8.42. The topological polar surface area (TPSA) is 4.10 Å². The van der Waals surface area contributed by atoms with E-state index in [1.54, 1.807) is 0 Å². The van der Waals surface area contributed by atoms with Gasteiger partial charge in [-0.05, 0) is 30.0 Å². The number of pyridine rings is 2. The summed E-state index contributed by atoms with van der Waals surface area (Å²) in [7, 11) is 0. The van der Waals surface area contributed by atoms with Crippen LogP contribution in [-0.2, 0) is 0 Å². The maximum Gasteiger partial charge on any atom is 0.211 e. The third-order valence-corrected chi connectivity index (χ3v) is 2.85. The van der Waals surface area contributed by atoms with Crippen LogP contribution in [0, 0.1) is 6.92 Å². The molecular weight excluding hydrogens is 182 g/mol. The Labute approximate surface area is 88.6 Å². The quantitative estimate of drug-likeness (QED) is 0.383. The molecule has 1 heteroatoms. The lowest BCUT2D eigenvalue weighted by Crippen LogP contribution is -2.19. The molecule has 3 rings (SSSR count). The van der Waals surface area contributed by atoms with Crippen molar-refractivity contribution in [2.75, 3.05) is 0 Å². The standard InChI is InChI=1S/C14H12N/c1-11-5-4-6-12-10-15-8-3-2-7-13(15)9-14(11)12/h2-10H,1H3/q+1. The van der Waals surface area contributed by atoms with E-state index in [1.165, 1.54) is 21.9 Å². The molecule has 72 valence electrons. The van der Waals surface area contributed by atoms with Gasteiger partial charge in [-0.2, -0.15) is 4.40 Å². The summed E-state index contributed by atoms with van der Waals surface area (Å²) in [5, 5.41) is 2.63. The Morgan fingerprint density at radius 3 is 2.87 bits per heavy atom. The molecule has 15 heavy (non-hydrogen) atoms. The van der Waals surface area contributed by atoms with Crippen LogP contribution in [0.4, 0.5) is 0 Å². The molecule has 1 nitrogen and oxygen atoms in total. The molecule has 0 saturated heterocycles. The van der Waals surface area contributed by atoms with Crippen molar-refractivity contribution in [1.29, 1.82) is 0 Å². The van der Waals surface area contributed by atoms with Gasteiger partial charge < -0.3 is 0 Å². The lowest BCUT2D eigenvalue weighted by molar-refractivity contribution is -0.510. The third-order valence-electron chi connectivity index (χ3n) is 2.85. The molecule has 3 aromatic rings. The summed E-state index contributed by atoms with van der Waals surface area (Å²) < 4.78 is 2.15. The molecule has 0 fully saturated rings. The Kier molecular flexibility index (Phi) is 1.72. The summed E-state index contributed by atoms with van der Waals surface area (Å²) in [6, 6.07) is 14.9. The fourth-order valence-electron chi connectivity index (χ4n) is 2.02.